The van der Waals surface area contributed by atoms with E-state index in [0.29, 0.717) is 12.2 Å². The molecule has 0 fully saturated rings. The second kappa shape index (κ2) is 4.18. The maximum atomic E-state index is 11.6. The lowest BCUT2D eigenvalue weighted by Crippen LogP contribution is -2.24. The number of hydrogen-bond acceptors (Lipinski definition) is 3. The van der Waals surface area contributed by atoms with Crippen LogP contribution in [0, 0.1) is 0 Å². The minimum Gasteiger partial charge on any atom is -0.353 e. The zero-order valence-electron chi connectivity index (χ0n) is 9.21. The predicted molar refractivity (Wildman–Crippen MR) is 57.6 cm³/mol. The van der Waals surface area contributed by atoms with Gasteiger partial charge in [-0.25, -0.2) is 0 Å². The Hall–Kier alpha value is -2.11. The molecule has 1 amide bonds. The average molecular weight is 219 g/mol. The molecule has 6 heteroatoms. The molecule has 1 N–H and O–H groups in total. The molecule has 2 aromatic rings. The number of aryl methyl sites for hydroxylation is 2. The van der Waals surface area contributed by atoms with Crippen molar-refractivity contribution in [2.24, 2.45) is 14.1 Å². The zero-order valence-corrected chi connectivity index (χ0v) is 9.21. The summed E-state index contributed by atoms with van der Waals surface area (Å²) in [5.41, 5.74) is 1.37. The van der Waals surface area contributed by atoms with E-state index in [1.54, 1.807) is 13.2 Å². The summed E-state index contributed by atoms with van der Waals surface area (Å²) in [4.78, 5) is 11.6. The largest absolute Gasteiger partial charge is 0.353 e. The van der Waals surface area contributed by atoms with Gasteiger partial charge in [-0.15, -0.1) is 5.10 Å². The maximum absolute atomic E-state index is 11.6. The van der Waals surface area contributed by atoms with Gasteiger partial charge in [-0.05, 0) is 12.1 Å². The molecule has 0 atom stereocenters. The predicted octanol–water partition coefficient (Wildman–Crippen LogP) is 0.0836. The van der Waals surface area contributed by atoms with Crippen molar-refractivity contribution < 1.29 is 4.79 Å². The van der Waals surface area contributed by atoms with Crippen molar-refractivity contribution in [1.82, 2.24) is 24.9 Å². The summed E-state index contributed by atoms with van der Waals surface area (Å²) in [5.74, 6) is -0.214. The first-order valence-corrected chi connectivity index (χ1v) is 4.91. The van der Waals surface area contributed by atoms with E-state index in [0.717, 1.165) is 5.69 Å². The van der Waals surface area contributed by atoms with Crippen LogP contribution in [0.25, 0.3) is 0 Å². The molecule has 0 saturated heterocycles. The highest BCUT2D eigenvalue weighted by Gasteiger charge is 2.09. The molecule has 0 saturated carbocycles. The van der Waals surface area contributed by atoms with Gasteiger partial charge < -0.3 is 9.88 Å². The quantitative estimate of drug-likeness (QED) is 0.795. The summed E-state index contributed by atoms with van der Waals surface area (Å²) in [6.07, 6.45) is 3.52. The molecule has 2 aromatic heterocycles. The van der Waals surface area contributed by atoms with E-state index in [9.17, 15) is 4.79 Å². The number of amides is 1. The highest BCUT2D eigenvalue weighted by molar-refractivity contribution is 5.91. The summed E-state index contributed by atoms with van der Waals surface area (Å²) >= 11 is 0. The van der Waals surface area contributed by atoms with Gasteiger partial charge in [0, 0.05) is 26.0 Å². The highest BCUT2D eigenvalue weighted by Crippen LogP contribution is 1.99. The van der Waals surface area contributed by atoms with Gasteiger partial charge in [-0.3, -0.25) is 9.48 Å². The maximum Gasteiger partial charge on any atom is 0.273 e. The third-order valence-corrected chi connectivity index (χ3v) is 2.32. The summed E-state index contributed by atoms with van der Waals surface area (Å²) in [5, 5.41) is 10.2. The van der Waals surface area contributed by atoms with Crippen molar-refractivity contribution in [2.45, 2.75) is 6.54 Å². The first-order chi connectivity index (χ1) is 7.66. The molecule has 2 heterocycles. The topological polar surface area (TPSA) is 64.7 Å². The molecule has 6 nitrogen and oxygen atoms in total. The third kappa shape index (κ3) is 2.10. The van der Waals surface area contributed by atoms with Gasteiger partial charge >= 0.3 is 0 Å². The average Bonchev–Trinajstić information content (AvgIpc) is 2.84. The zero-order chi connectivity index (χ0) is 11.5. The standard InChI is InChI=1S/C10H13N5O/c1-14-5-3-4-8(14)6-11-10(16)9-7-15(2)13-12-9/h3-5,7H,6H2,1-2H3,(H,11,16). The fourth-order valence-corrected chi connectivity index (χ4v) is 1.39. The highest BCUT2D eigenvalue weighted by atomic mass is 16.2. The summed E-state index contributed by atoms with van der Waals surface area (Å²) in [6, 6.07) is 3.89. The van der Waals surface area contributed by atoms with Crippen molar-refractivity contribution in [3.05, 3.63) is 35.9 Å². The summed E-state index contributed by atoms with van der Waals surface area (Å²) in [6.45, 7) is 0.485. The Kier molecular flexibility index (Phi) is 2.72. The number of hydrogen-bond donors (Lipinski definition) is 1. The van der Waals surface area contributed by atoms with Crippen LogP contribution in [0.1, 0.15) is 16.2 Å². The Morgan fingerprint density at radius 2 is 2.31 bits per heavy atom. The molecule has 0 bridgehead atoms. The van der Waals surface area contributed by atoms with Crippen LogP contribution >= 0.6 is 0 Å². The van der Waals surface area contributed by atoms with Gasteiger partial charge in [-0.2, -0.15) is 0 Å². The smallest absolute Gasteiger partial charge is 0.273 e. The Bertz CT molecular complexity index is 499. The fraction of sp³-hybridized carbons (Fsp3) is 0.300. The molecule has 0 aliphatic carbocycles. The summed E-state index contributed by atoms with van der Waals surface area (Å²) < 4.78 is 3.45. The lowest BCUT2D eigenvalue weighted by atomic mass is 10.4. The van der Waals surface area contributed by atoms with E-state index in [-0.39, 0.29) is 5.91 Å². The number of nitrogens with zero attached hydrogens (tertiary/aromatic N) is 4. The van der Waals surface area contributed by atoms with E-state index in [2.05, 4.69) is 15.6 Å². The number of carbonyl (C=O) groups excluding carboxylic acids is 1. The molecule has 0 radical (unpaired) electrons. The van der Waals surface area contributed by atoms with Crippen LogP contribution in [0.4, 0.5) is 0 Å². The van der Waals surface area contributed by atoms with Gasteiger partial charge in [0.05, 0.1) is 12.7 Å². The molecule has 0 aliphatic heterocycles. The van der Waals surface area contributed by atoms with Gasteiger partial charge in [0.2, 0.25) is 0 Å². The van der Waals surface area contributed by atoms with Crippen LogP contribution in [-0.2, 0) is 20.6 Å². The summed E-state index contributed by atoms with van der Waals surface area (Å²) in [7, 11) is 3.66. The lowest BCUT2D eigenvalue weighted by Gasteiger charge is -2.04. The minimum absolute atomic E-state index is 0.214. The SMILES string of the molecule is Cn1cc(C(=O)NCc2cccn2C)nn1. The fourth-order valence-electron chi connectivity index (χ4n) is 1.39. The van der Waals surface area contributed by atoms with Crippen LogP contribution in [0.2, 0.25) is 0 Å². The Labute approximate surface area is 92.9 Å². The van der Waals surface area contributed by atoms with Crippen LogP contribution in [0.5, 0.6) is 0 Å². The van der Waals surface area contributed by atoms with Gasteiger partial charge in [-0.1, -0.05) is 5.21 Å². The Balaban J connectivity index is 1.96. The lowest BCUT2D eigenvalue weighted by molar-refractivity contribution is 0.0945. The normalized spacial score (nSPS) is 10.4. The van der Waals surface area contributed by atoms with Crippen molar-refractivity contribution in [2.75, 3.05) is 0 Å². The molecule has 0 aromatic carbocycles. The first kappa shape index (κ1) is 10.4. The molecular formula is C10H13N5O. The monoisotopic (exact) mass is 219 g/mol. The number of rotatable bonds is 3. The van der Waals surface area contributed by atoms with Gasteiger partial charge in [0.1, 0.15) is 0 Å². The molecule has 16 heavy (non-hydrogen) atoms. The molecular weight excluding hydrogens is 206 g/mol. The van der Waals surface area contributed by atoms with Crippen LogP contribution in [-0.4, -0.2) is 25.5 Å². The number of carbonyl (C=O) groups is 1. The molecule has 0 aliphatic rings. The molecule has 0 spiro atoms. The Morgan fingerprint density at radius 3 is 2.88 bits per heavy atom. The number of aromatic nitrogens is 4. The number of nitrogens with one attached hydrogen (secondary N) is 1. The second-order valence-corrected chi connectivity index (χ2v) is 3.57. The van der Waals surface area contributed by atoms with E-state index >= 15 is 0 Å². The van der Waals surface area contributed by atoms with Crippen LogP contribution in [0.3, 0.4) is 0 Å². The van der Waals surface area contributed by atoms with Gasteiger partial charge in [0.15, 0.2) is 5.69 Å². The Morgan fingerprint density at radius 1 is 1.50 bits per heavy atom. The molecule has 2 rings (SSSR count). The van der Waals surface area contributed by atoms with E-state index < -0.39 is 0 Å². The molecule has 0 unspecified atom stereocenters. The van der Waals surface area contributed by atoms with Crippen molar-refractivity contribution >= 4 is 5.91 Å². The molecule has 84 valence electrons. The van der Waals surface area contributed by atoms with Gasteiger partial charge in [0.25, 0.3) is 5.91 Å². The van der Waals surface area contributed by atoms with E-state index in [1.807, 2.05) is 29.9 Å². The van der Waals surface area contributed by atoms with Crippen molar-refractivity contribution in [3.63, 3.8) is 0 Å². The first-order valence-electron chi connectivity index (χ1n) is 4.91. The third-order valence-electron chi connectivity index (χ3n) is 2.32. The second-order valence-electron chi connectivity index (χ2n) is 3.57. The van der Waals surface area contributed by atoms with Crippen LogP contribution in [0.15, 0.2) is 24.5 Å². The van der Waals surface area contributed by atoms with E-state index in [1.165, 1.54) is 4.68 Å². The van der Waals surface area contributed by atoms with Crippen molar-refractivity contribution in [3.8, 4) is 0 Å². The minimum atomic E-state index is -0.214. The van der Waals surface area contributed by atoms with Crippen molar-refractivity contribution in [1.29, 1.82) is 0 Å². The van der Waals surface area contributed by atoms with Crippen LogP contribution < -0.4 is 5.32 Å². The van der Waals surface area contributed by atoms with E-state index in [4.69, 9.17) is 0 Å².